The molecule has 0 aliphatic carbocycles. The Morgan fingerprint density at radius 1 is 1.88 bits per heavy atom. The fourth-order valence-electron chi connectivity index (χ4n) is 0.334. The monoisotopic (exact) mass is 128 g/mol. The van der Waals surface area contributed by atoms with Crippen molar-refractivity contribution in [1.29, 1.82) is 0 Å². The molecule has 0 aromatic carbocycles. The standard InChI is InChI=1S/C4H2NO2S/c6-5(7)4-2-1-3-8-4/h1,3H. The lowest BCUT2D eigenvalue weighted by Crippen LogP contribution is -1.80. The van der Waals surface area contributed by atoms with Crippen molar-refractivity contribution in [3.63, 3.8) is 0 Å². The molecule has 0 amide bonds. The van der Waals surface area contributed by atoms with Crippen LogP contribution < -0.4 is 0 Å². The van der Waals surface area contributed by atoms with Crippen LogP contribution in [0, 0.1) is 16.2 Å². The van der Waals surface area contributed by atoms with Gasteiger partial charge in [0.25, 0.3) is 0 Å². The number of nitrogens with zero attached hydrogens (tertiary/aromatic N) is 1. The number of hydrogen-bond donors (Lipinski definition) is 0. The molecule has 1 radical (unpaired) electrons. The van der Waals surface area contributed by atoms with Gasteiger partial charge < -0.3 is 0 Å². The van der Waals surface area contributed by atoms with Gasteiger partial charge >= 0.3 is 5.00 Å². The molecule has 8 heavy (non-hydrogen) atoms. The molecule has 1 heterocycles. The van der Waals surface area contributed by atoms with E-state index < -0.39 is 4.92 Å². The van der Waals surface area contributed by atoms with Crippen molar-refractivity contribution in [3.8, 4) is 0 Å². The number of thiophene rings is 1. The number of rotatable bonds is 1. The molecular formula is C4H2NO2S. The van der Waals surface area contributed by atoms with Crippen LogP contribution >= 0.6 is 11.3 Å². The highest BCUT2D eigenvalue weighted by Crippen LogP contribution is 2.15. The van der Waals surface area contributed by atoms with Crippen LogP contribution in [-0.4, -0.2) is 4.92 Å². The zero-order valence-electron chi connectivity index (χ0n) is 3.83. The van der Waals surface area contributed by atoms with Gasteiger partial charge in [-0.05, 0) is 11.4 Å². The van der Waals surface area contributed by atoms with Gasteiger partial charge in [0.15, 0.2) is 0 Å². The SMILES string of the molecule is O=[N+]([O-])c1[c]ccs1. The molecule has 0 unspecified atom stereocenters. The van der Waals surface area contributed by atoms with Crippen molar-refractivity contribution in [3.05, 3.63) is 27.6 Å². The largest absolute Gasteiger partial charge is 0.332 e. The summed E-state index contributed by atoms with van der Waals surface area (Å²) in [6.45, 7) is 0. The average molecular weight is 128 g/mol. The molecule has 0 aliphatic rings. The van der Waals surface area contributed by atoms with E-state index >= 15 is 0 Å². The lowest BCUT2D eigenvalue weighted by molar-refractivity contribution is -0.380. The van der Waals surface area contributed by atoms with E-state index in [0.717, 1.165) is 11.3 Å². The fraction of sp³-hybridized carbons (Fsp3) is 0. The van der Waals surface area contributed by atoms with E-state index in [1.807, 2.05) is 0 Å². The lowest BCUT2D eigenvalue weighted by atomic mass is 10.6. The minimum atomic E-state index is -0.454. The lowest BCUT2D eigenvalue weighted by Gasteiger charge is -1.76. The maximum Gasteiger partial charge on any atom is 0.332 e. The van der Waals surface area contributed by atoms with Crippen molar-refractivity contribution in [1.82, 2.24) is 0 Å². The van der Waals surface area contributed by atoms with Crippen molar-refractivity contribution in [2.45, 2.75) is 0 Å². The molecule has 1 aromatic rings. The van der Waals surface area contributed by atoms with Crippen LogP contribution in [0.2, 0.25) is 0 Å². The van der Waals surface area contributed by atoms with Crippen LogP contribution in [0.15, 0.2) is 11.4 Å². The summed E-state index contributed by atoms with van der Waals surface area (Å²) in [5.41, 5.74) is 0. The highest BCUT2D eigenvalue weighted by atomic mass is 32.1. The average Bonchev–Trinajstić information content (AvgIpc) is 2.12. The molecular weight excluding hydrogens is 126 g/mol. The molecule has 0 fully saturated rings. The molecule has 1 aromatic heterocycles. The number of hydrogen-bond acceptors (Lipinski definition) is 3. The van der Waals surface area contributed by atoms with Gasteiger partial charge in [0, 0.05) is 0 Å². The Labute approximate surface area is 49.7 Å². The third kappa shape index (κ3) is 0.840. The van der Waals surface area contributed by atoms with E-state index in [4.69, 9.17) is 0 Å². The van der Waals surface area contributed by atoms with E-state index in [9.17, 15) is 10.1 Å². The van der Waals surface area contributed by atoms with Crippen LogP contribution in [0.4, 0.5) is 5.00 Å². The zero-order chi connectivity index (χ0) is 5.98. The van der Waals surface area contributed by atoms with Crippen LogP contribution in [0.25, 0.3) is 0 Å². The maximum atomic E-state index is 9.85. The Morgan fingerprint density at radius 3 is 2.88 bits per heavy atom. The fourth-order valence-corrected chi connectivity index (χ4v) is 0.821. The van der Waals surface area contributed by atoms with Crippen LogP contribution in [0.1, 0.15) is 0 Å². The summed E-state index contributed by atoms with van der Waals surface area (Å²) in [7, 11) is 0. The second-order valence-electron chi connectivity index (χ2n) is 1.13. The quantitative estimate of drug-likeness (QED) is 0.424. The van der Waals surface area contributed by atoms with Gasteiger partial charge in [-0.1, -0.05) is 11.3 Å². The Kier molecular flexibility index (Phi) is 1.26. The first-order chi connectivity index (χ1) is 3.80. The van der Waals surface area contributed by atoms with E-state index in [0.29, 0.717) is 0 Å². The highest BCUT2D eigenvalue weighted by Gasteiger charge is 2.02. The van der Waals surface area contributed by atoms with Gasteiger partial charge in [-0.3, -0.25) is 10.1 Å². The minimum absolute atomic E-state index is 0.0741. The minimum Gasteiger partial charge on any atom is -0.258 e. The molecule has 3 nitrogen and oxygen atoms in total. The van der Waals surface area contributed by atoms with Crippen LogP contribution in [0.3, 0.4) is 0 Å². The van der Waals surface area contributed by atoms with Gasteiger partial charge in [0.05, 0.1) is 11.0 Å². The van der Waals surface area contributed by atoms with Gasteiger partial charge in [-0.15, -0.1) is 0 Å². The number of nitro groups is 1. The molecule has 0 bridgehead atoms. The van der Waals surface area contributed by atoms with Gasteiger partial charge in [-0.2, -0.15) is 0 Å². The van der Waals surface area contributed by atoms with Crippen molar-refractivity contribution in [2.24, 2.45) is 0 Å². The first-order valence-corrected chi connectivity index (χ1v) is 2.78. The molecule has 41 valence electrons. The highest BCUT2D eigenvalue weighted by molar-refractivity contribution is 7.13. The third-order valence-electron chi connectivity index (χ3n) is 0.620. The Bertz CT molecular complexity index is 182. The Hall–Kier alpha value is -0.900. The molecule has 0 N–H and O–H groups in total. The predicted molar refractivity (Wildman–Crippen MR) is 29.8 cm³/mol. The summed E-state index contributed by atoms with van der Waals surface area (Å²) in [6.07, 6.45) is 0. The molecule has 4 heteroatoms. The molecule has 0 spiro atoms. The van der Waals surface area contributed by atoms with E-state index in [-0.39, 0.29) is 5.00 Å². The molecule has 0 saturated carbocycles. The van der Waals surface area contributed by atoms with Crippen LogP contribution in [0.5, 0.6) is 0 Å². The molecule has 0 aliphatic heterocycles. The predicted octanol–water partition coefficient (Wildman–Crippen LogP) is 1.46. The topological polar surface area (TPSA) is 43.1 Å². The second kappa shape index (κ2) is 1.92. The van der Waals surface area contributed by atoms with E-state index in [1.54, 1.807) is 5.38 Å². The van der Waals surface area contributed by atoms with Gasteiger partial charge in [0.2, 0.25) is 0 Å². The molecule has 0 atom stereocenters. The summed E-state index contributed by atoms with van der Waals surface area (Å²) in [4.78, 5) is 9.39. The summed E-state index contributed by atoms with van der Waals surface area (Å²) in [6, 6.07) is 3.99. The van der Waals surface area contributed by atoms with Gasteiger partial charge in [0.1, 0.15) is 0 Å². The third-order valence-corrected chi connectivity index (χ3v) is 1.38. The summed E-state index contributed by atoms with van der Waals surface area (Å²) in [5.74, 6) is 0. The first kappa shape index (κ1) is 5.24. The first-order valence-electron chi connectivity index (χ1n) is 1.90. The summed E-state index contributed by atoms with van der Waals surface area (Å²) < 4.78 is 0. The summed E-state index contributed by atoms with van der Waals surface area (Å²) in [5, 5.41) is 11.5. The Balaban J connectivity index is 2.93. The van der Waals surface area contributed by atoms with E-state index in [2.05, 4.69) is 6.07 Å². The zero-order valence-corrected chi connectivity index (χ0v) is 4.64. The van der Waals surface area contributed by atoms with Crippen LogP contribution in [-0.2, 0) is 0 Å². The van der Waals surface area contributed by atoms with E-state index in [1.165, 1.54) is 6.07 Å². The van der Waals surface area contributed by atoms with Crippen molar-refractivity contribution in [2.75, 3.05) is 0 Å². The van der Waals surface area contributed by atoms with Crippen molar-refractivity contribution >= 4 is 16.3 Å². The smallest absolute Gasteiger partial charge is 0.258 e. The Morgan fingerprint density at radius 2 is 2.62 bits per heavy atom. The van der Waals surface area contributed by atoms with Crippen molar-refractivity contribution < 1.29 is 4.92 Å². The molecule has 1 rings (SSSR count). The normalized spacial score (nSPS) is 9.00. The maximum absolute atomic E-state index is 9.85. The summed E-state index contributed by atoms with van der Waals surface area (Å²) >= 11 is 1.08. The van der Waals surface area contributed by atoms with Gasteiger partial charge in [-0.25, -0.2) is 0 Å². The second-order valence-corrected chi connectivity index (χ2v) is 2.02. The molecule has 0 saturated heterocycles.